The first kappa shape index (κ1) is 11.9. The normalized spacial score (nSPS) is 12.4. The Labute approximate surface area is 104 Å². The third kappa shape index (κ3) is 2.76. The van der Waals surface area contributed by atoms with Gasteiger partial charge in [0.2, 0.25) is 0 Å². The van der Waals surface area contributed by atoms with Crippen LogP contribution in [-0.4, -0.2) is 0 Å². The van der Waals surface area contributed by atoms with E-state index >= 15 is 0 Å². The van der Waals surface area contributed by atoms with Crippen LogP contribution in [0.25, 0.3) is 0 Å². The van der Waals surface area contributed by atoms with Gasteiger partial charge in [-0.3, -0.25) is 0 Å². The smallest absolute Gasteiger partial charge is 0.0147 e. The lowest BCUT2D eigenvalue weighted by molar-refractivity contribution is 0.749. The van der Waals surface area contributed by atoms with Crippen molar-refractivity contribution in [3.8, 4) is 0 Å². The Kier molecular flexibility index (Phi) is 3.63. The first-order valence-electron chi connectivity index (χ1n) is 6.28. The highest BCUT2D eigenvalue weighted by Gasteiger charge is 2.09. The average Bonchev–Trinajstić information content (AvgIpc) is 2.32. The van der Waals surface area contributed by atoms with Crippen LogP contribution in [0.1, 0.15) is 35.1 Å². The maximum absolute atomic E-state index is 2.31. The number of hydrogen-bond donors (Lipinski definition) is 0. The second kappa shape index (κ2) is 5.18. The Morgan fingerprint density at radius 3 is 2.06 bits per heavy atom. The van der Waals surface area contributed by atoms with Gasteiger partial charge in [0.25, 0.3) is 0 Å². The molecule has 0 saturated carbocycles. The third-order valence-electron chi connectivity index (χ3n) is 3.51. The summed E-state index contributed by atoms with van der Waals surface area (Å²) in [5.41, 5.74) is 5.72. The van der Waals surface area contributed by atoms with E-state index < -0.39 is 0 Å². The summed E-state index contributed by atoms with van der Waals surface area (Å²) >= 11 is 0. The Morgan fingerprint density at radius 2 is 1.41 bits per heavy atom. The van der Waals surface area contributed by atoms with Crippen LogP contribution in [0.5, 0.6) is 0 Å². The van der Waals surface area contributed by atoms with E-state index in [1.54, 1.807) is 0 Å². The maximum Gasteiger partial charge on any atom is -0.0147 e. The van der Waals surface area contributed by atoms with Crippen LogP contribution in [0.2, 0.25) is 0 Å². The molecule has 1 atom stereocenters. The molecule has 0 radical (unpaired) electrons. The predicted octanol–water partition coefficient (Wildman–Crippen LogP) is 4.65. The number of aryl methyl sites for hydroxylation is 2. The van der Waals surface area contributed by atoms with Gasteiger partial charge in [-0.25, -0.2) is 0 Å². The molecule has 0 bridgehead atoms. The molecule has 0 spiro atoms. The Balaban J connectivity index is 2.20. The maximum atomic E-state index is 2.31. The third-order valence-corrected chi connectivity index (χ3v) is 3.51. The summed E-state index contributed by atoms with van der Waals surface area (Å²) < 4.78 is 0. The van der Waals surface area contributed by atoms with E-state index in [-0.39, 0.29) is 0 Å². The second-order valence-corrected chi connectivity index (χ2v) is 4.89. The van der Waals surface area contributed by atoms with Gasteiger partial charge in [0.05, 0.1) is 0 Å². The van der Waals surface area contributed by atoms with E-state index in [1.165, 1.54) is 22.3 Å². The number of rotatable bonds is 3. The summed E-state index contributed by atoms with van der Waals surface area (Å²) in [7, 11) is 0. The lowest BCUT2D eigenvalue weighted by Crippen LogP contribution is -2.01. The van der Waals surface area contributed by atoms with Crippen molar-refractivity contribution in [2.24, 2.45) is 0 Å². The van der Waals surface area contributed by atoms with Gasteiger partial charge in [-0.05, 0) is 48.4 Å². The molecule has 0 aromatic heterocycles. The van der Waals surface area contributed by atoms with Crippen LogP contribution < -0.4 is 0 Å². The molecule has 0 heterocycles. The summed E-state index contributed by atoms with van der Waals surface area (Å²) in [6, 6.07) is 17.4. The van der Waals surface area contributed by atoms with Gasteiger partial charge >= 0.3 is 0 Å². The van der Waals surface area contributed by atoms with Gasteiger partial charge < -0.3 is 0 Å². The minimum atomic E-state index is 0.581. The van der Waals surface area contributed by atoms with E-state index in [4.69, 9.17) is 0 Å². The van der Waals surface area contributed by atoms with E-state index in [0.29, 0.717) is 5.92 Å². The highest BCUT2D eigenvalue weighted by molar-refractivity contribution is 5.32. The van der Waals surface area contributed by atoms with Crippen molar-refractivity contribution in [3.63, 3.8) is 0 Å². The summed E-state index contributed by atoms with van der Waals surface area (Å²) in [6.45, 7) is 6.71. The lowest BCUT2D eigenvalue weighted by Gasteiger charge is -2.16. The molecule has 2 aromatic carbocycles. The van der Waals surface area contributed by atoms with Gasteiger partial charge in [0.1, 0.15) is 0 Å². The summed E-state index contributed by atoms with van der Waals surface area (Å²) in [5.74, 6) is 0.581. The number of hydrogen-bond acceptors (Lipinski definition) is 0. The standard InChI is InChI=1S/C17H20/c1-13-8-4-6-10-16(13)12-15(3)17-11-7-5-9-14(17)2/h4-11,15H,12H2,1-3H3. The van der Waals surface area contributed by atoms with Crippen LogP contribution in [-0.2, 0) is 6.42 Å². The van der Waals surface area contributed by atoms with Crippen LogP contribution in [0.3, 0.4) is 0 Å². The highest BCUT2D eigenvalue weighted by Crippen LogP contribution is 2.24. The zero-order valence-corrected chi connectivity index (χ0v) is 10.9. The molecule has 88 valence electrons. The molecule has 2 aromatic rings. The summed E-state index contributed by atoms with van der Waals surface area (Å²) in [5, 5.41) is 0. The van der Waals surface area contributed by atoms with Crippen molar-refractivity contribution < 1.29 is 0 Å². The minimum absolute atomic E-state index is 0.581. The molecule has 0 aliphatic rings. The van der Waals surface area contributed by atoms with Gasteiger partial charge in [-0.15, -0.1) is 0 Å². The first-order chi connectivity index (χ1) is 8.18. The molecule has 17 heavy (non-hydrogen) atoms. The Hall–Kier alpha value is -1.56. The molecular weight excluding hydrogens is 204 g/mol. The quantitative estimate of drug-likeness (QED) is 0.712. The fourth-order valence-corrected chi connectivity index (χ4v) is 2.42. The molecule has 0 aliphatic carbocycles. The first-order valence-corrected chi connectivity index (χ1v) is 6.28. The molecule has 2 rings (SSSR count). The second-order valence-electron chi connectivity index (χ2n) is 4.89. The SMILES string of the molecule is Cc1ccccc1CC(C)c1ccccc1C. The predicted molar refractivity (Wildman–Crippen MR) is 74.5 cm³/mol. The molecule has 0 nitrogen and oxygen atoms in total. The summed E-state index contributed by atoms with van der Waals surface area (Å²) in [6.07, 6.45) is 1.12. The molecule has 0 saturated heterocycles. The highest BCUT2D eigenvalue weighted by atomic mass is 14.1. The van der Waals surface area contributed by atoms with Crippen molar-refractivity contribution in [2.75, 3.05) is 0 Å². The fraction of sp³-hybridized carbons (Fsp3) is 0.294. The molecule has 0 fully saturated rings. The van der Waals surface area contributed by atoms with Gasteiger partial charge in [0.15, 0.2) is 0 Å². The van der Waals surface area contributed by atoms with Crippen molar-refractivity contribution >= 4 is 0 Å². The molecule has 0 amide bonds. The monoisotopic (exact) mass is 224 g/mol. The molecule has 0 N–H and O–H groups in total. The van der Waals surface area contributed by atoms with E-state index in [2.05, 4.69) is 69.3 Å². The van der Waals surface area contributed by atoms with Crippen LogP contribution in [0.15, 0.2) is 48.5 Å². The van der Waals surface area contributed by atoms with Crippen molar-refractivity contribution in [1.29, 1.82) is 0 Å². The molecule has 0 aliphatic heterocycles. The Morgan fingerprint density at radius 1 is 0.824 bits per heavy atom. The average molecular weight is 224 g/mol. The zero-order chi connectivity index (χ0) is 12.3. The topological polar surface area (TPSA) is 0 Å². The summed E-state index contributed by atoms with van der Waals surface area (Å²) in [4.78, 5) is 0. The van der Waals surface area contributed by atoms with Crippen molar-refractivity contribution in [1.82, 2.24) is 0 Å². The van der Waals surface area contributed by atoms with Crippen molar-refractivity contribution in [2.45, 2.75) is 33.1 Å². The van der Waals surface area contributed by atoms with Crippen LogP contribution >= 0.6 is 0 Å². The number of benzene rings is 2. The van der Waals surface area contributed by atoms with Crippen molar-refractivity contribution in [3.05, 3.63) is 70.8 Å². The van der Waals surface area contributed by atoms with Gasteiger partial charge in [0, 0.05) is 0 Å². The lowest BCUT2D eigenvalue weighted by atomic mass is 9.89. The largest absolute Gasteiger partial charge is 0.0620 e. The zero-order valence-electron chi connectivity index (χ0n) is 10.9. The minimum Gasteiger partial charge on any atom is -0.0620 e. The molecular formula is C17H20. The van der Waals surface area contributed by atoms with E-state index in [0.717, 1.165) is 6.42 Å². The fourth-order valence-electron chi connectivity index (χ4n) is 2.42. The molecule has 0 heteroatoms. The van der Waals surface area contributed by atoms with E-state index in [9.17, 15) is 0 Å². The van der Waals surface area contributed by atoms with Gasteiger partial charge in [-0.2, -0.15) is 0 Å². The van der Waals surface area contributed by atoms with E-state index in [1.807, 2.05) is 0 Å². The Bertz CT molecular complexity index is 497. The van der Waals surface area contributed by atoms with Gasteiger partial charge in [-0.1, -0.05) is 55.5 Å². The van der Waals surface area contributed by atoms with Crippen LogP contribution in [0, 0.1) is 13.8 Å². The molecule has 1 unspecified atom stereocenters. The van der Waals surface area contributed by atoms with Crippen LogP contribution in [0.4, 0.5) is 0 Å².